The first-order valence-corrected chi connectivity index (χ1v) is 9.45. The summed E-state index contributed by atoms with van der Waals surface area (Å²) in [6, 6.07) is 8.19. The molecule has 3 heterocycles. The van der Waals surface area contributed by atoms with Crippen LogP contribution in [0.3, 0.4) is 0 Å². The van der Waals surface area contributed by atoms with Crippen molar-refractivity contribution in [3.8, 4) is 0 Å². The third-order valence-electron chi connectivity index (χ3n) is 5.71. The van der Waals surface area contributed by atoms with Gasteiger partial charge in [-0.05, 0) is 12.5 Å². The van der Waals surface area contributed by atoms with E-state index in [4.69, 9.17) is 9.47 Å². The Bertz CT molecular complexity index is 672. The van der Waals surface area contributed by atoms with E-state index in [0.717, 1.165) is 5.56 Å². The Labute approximate surface area is 154 Å². The molecular formula is C20H26N2O4. The number of likely N-dealkylation sites (tertiary alicyclic amines) is 2. The molecule has 1 aromatic carbocycles. The number of amides is 2. The maximum atomic E-state index is 12.9. The van der Waals surface area contributed by atoms with E-state index >= 15 is 0 Å². The third kappa shape index (κ3) is 3.48. The molecule has 3 aliphatic heterocycles. The summed E-state index contributed by atoms with van der Waals surface area (Å²) < 4.78 is 11.4. The van der Waals surface area contributed by atoms with Crippen molar-refractivity contribution in [2.45, 2.75) is 38.5 Å². The van der Waals surface area contributed by atoms with Crippen LogP contribution in [-0.2, 0) is 25.6 Å². The summed E-state index contributed by atoms with van der Waals surface area (Å²) in [5.41, 5.74) is 2.31. The number of hydrogen-bond acceptors (Lipinski definition) is 4. The molecule has 1 unspecified atom stereocenters. The fraction of sp³-hybridized carbons (Fsp3) is 0.600. The third-order valence-corrected chi connectivity index (χ3v) is 5.71. The highest BCUT2D eigenvalue weighted by Gasteiger charge is 2.43. The van der Waals surface area contributed by atoms with E-state index in [-0.39, 0.29) is 17.7 Å². The molecule has 3 aliphatic rings. The minimum Gasteiger partial charge on any atom is -0.347 e. The van der Waals surface area contributed by atoms with E-state index in [1.54, 1.807) is 0 Å². The van der Waals surface area contributed by atoms with Crippen molar-refractivity contribution >= 4 is 11.8 Å². The number of rotatable bonds is 3. The molecule has 0 radical (unpaired) electrons. The Kier molecular flexibility index (Phi) is 4.71. The zero-order valence-corrected chi connectivity index (χ0v) is 15.3. The molecule has 6 nitrogen and oxygen atoms in total. The molecule has 6 heteroatoms. The molecule has 4 rings (SSSR count). The second-order valence-electron chi connectivity index (χ2n) is 7.59. The van der Waals surface area contributed by atoms with Crippen molar-refractivity contribution in [2.75, 3.05) is 32.8 Å². The lowest BCUT2D eigenvalue weighted by molar-refractivity contribution is -0.188. The van der Waals surface area contributed by atoms with Crippen molar-refractivity contribution in [3.63, 3.8) is 0 Å². The van der Waals surface area contributed by atoms with Crippen molar-refractivity contribution in [1.82, 2.24) is 9.80 Å². The molecule has 0 saturated carbocycles. The molecule has 1 aromatic rings. The predicted octanol–water partition coefficient (Wildman–Crippen LogP) is 1.71. The highest BCUT2D eigenvalue weighted by atomic mass is 16.7. The molecule has 3 fully saturated rings. The summed E-state index contributed by atoms with van der Waals surface area (Å²) in [5.74, 6) is -0.537. The summed E-state index contributed by atoms with van der Waals surface area (Å²) in [4.78, 5) is 28.9. The summed E-state index contributed by atoms with van der Waals surface area (Å²) in [5, 5.41) is 0. The van der Waals surface area contributed by atoms with E-state index in [1.807, 2.05) is 28.9 Å². The zero-order valence-electron chi connectivity index (χ0n) is 15.3. The van der Waals surface area contributed by atoms with Crippen LogP contribution in [-0.4, -0.2) is 60.2 Å². The van der Waals surface area contributed by atoms with Gasteiger partial charge < -0.3 is 19.3 Å². The van der Waals surface area contributed by atoms with Gasteiger partial charge in [0.05, 0.1) is 19.1 Å². The van der Waals surface area contributed by atoms with Crippen LogP contribution in [0.1, 0.15) is 30.4 Å². The van der Waals surface area contributed by atoms with Gasteiger partial charge in [0.2, 0.25) is 11.8 Å². The molecule has 26 heavy (non-hydrogen) atoms. The molecular weight excluding hydrogens is 332 g/mol. The molecule has 0 aromatic heterocycles. The van der Waals surface area contributed by atoms with Crippen molar-refractivity contribution < 1.29 is 19.1 Å². The van der Waals surface area contributed by atoms with Gasteiger partial charge >= 0.3 is 0 Å². The fourth-order valence-corrected chi connectivity index (χ4v) is 4.12. The Morgan fingerprint density at radius 3 is 2.46 bits per heavy atom. The molecule has 0 N–H and O–H groups in total. The van der Waals surface area contributed by atoms with Crippen molar-refractivity contribution in [1.29, 1.82) is 0 Å². The molecule has 2 amide bonds. The van der Waals surface area contributed by atoms with Crippen LogP contribution >= 0.6 is 0 Å². The number of ether oxygens (including phenoxy) is 2. The van der Waals surface area contributed by atoms with Crippen molar-refractivity contribution in [2.24, 2.45) is 5.92 Å². The van der Waals surface area contributed by atoms with Crippen molar-refractivity contribution in [3.05, 3.63) is 35.4 Å². The van der Waals surface area contributed by atoms with E-state index in [0.29, 0.717) is 58.7 Å². The maximum absolute atomic E-state index is 12.9. The van der Waals surface area contributed by atoms with E-state index in [2.05, 4.69) is 12.1 Å². The average Bonchev–Trinajstić information content (AvgIpc) is 3.24. The van der Waals surface area contributed by atoms with Gasteiger partial charge in [-0.1, -0.05) is 29.8 Å². The summed E-state index contributed by atoms with van der Waals surface area (Å²) in [6.07, 6.45) is 1.75. The van der Waals surface area contributed by atoms with Gasteiger partial charge in [0.15, 0.2) is 5.79 Å². The molecule has 0 bridgehead atoms. The van der Waals surface area contributed by atoms with Crippen LogP contribution in [0.2, 0.25) is 0 Å². The summed E-state index contributed by atoms with van der Waals surface area (Å²) >= 11 is 0. The van der Waals surface area contributed by atoms with Gasteiger partial charge in [-0.15, -0.1) is 0 Å². The van der Waals surface area contributed by atoms with Crippen LogP contribution in [0, 0.1) is 12.8 Å². The number of nitrogens with zero attached hydrogens (tertiary/aromatic N) is 2. The monoisotopic (exact) mass is 358 g/mol. The second-order valence-corrected chi connectivity index (χ2v) is 7.59. The lowest BCUT2D eigenvalue weighted by Gasteiger charge is -2.38. The average molecular weight is 358 g/mol. The number of benzene rings is 1. The number of hydrogen-bond donors (Lipinski definition) is 0. The quantitative estimate of drug-likeness (QED) is 0.825. The SMILES string of the molecule is Cc1ccc(CN2CC(C(=O)N3CCC4(CC3)OCCO4)CC2=O)cc1. The number of piperidine rings is 1. The Hall–Kier alpha value is -1.92. The Balaban J connectivity index is 1.33. The molecule has 1 atom stereocenters. The molecule has 140 valence electrons. The van der Waals surface area contributed by atoms with Gasteiger partial charge in [-0.3, -0.25) is 9.59 Å². The topological polar surface area (TPSA) is 59.1 Å². The smallest absolute Gasteiger partial charge is 0.228 e. The first-order chi connectivity index (χ1) is 12.5. The van der Waals surface area contributed by atoms with E-state index < -0.39 is 5.79 Å². The molecule has 0 aliphatic carbocycles. The maximum Gasteiger partial charge on any atom is 0.228 e. The zero-order chi connectivity index (χ0) is 18.1. The lowest BCUT2D eigenvalue weighted by Crippen LogP contribution is -2.49. The van der Waals surface area contributed by atoms with Crippen LogP contribution in [0.15, 0.2) is 24.3 Å². The fourth-order valence-electron chi connectivity index (χ4n) is 4.12. The van der Waals surface area contributed by atoms with E-state index in [1.165, 1.54) is 5.56 Å². The normalized spacial score (nSPS) is 25.3. The first-order valence-electron chi connectivity index (χ1n) is 9.45. The van der Waals surface area contributed by atoms with Gasteiger partial charge in [0, 0.05) is 45.4 Å². The highest BCUT2D eigenvalue weighted by Crippen LogP contribution is 2.32. The minimum atomic E-state index is -0.472. The second kappa shape index (κ2) is 7.00. The van der Waals surface area contributed by atoms with Crippen LogP contribution < -0.4 is 0 Å². The first kappa shape index (κ1) is 17.5. The Morgan fingerprint density at radius 2 is 1.81 bits per heavy atom. The number of carbonyl (C=O) groups is 2. The largest absolute Gasteiger partial charge is 0.347 e. The number of aryl methyl sites for hydroxylation is 1. The van der Waals surface area contributed by atoms with Crippen LogP contribution in [0.5, 0.6) is 0 Å². The van der Waals surface area contributed by atoms with Gasteiger partial charge in [-0.2, -0.15) is 0 Å². The standard InChI is InChI=1S/C20H26N2O4/c1-15-2-4-16(5-3-15)13-22-14-17(12-18(22)23)19(24)21-8-6-20(7-9-21)25-10-11-26-20/h2-5,17H,6-14H2,1H3. The highest BCUT2D eigenvalue weighted by molar-refractivity contribution is 5.89. The number of carbonyl (C=O) groups excluding carboxylic acids is 2. The molecule has 1 spiro atoms. The minimum absolute atomic E-state index is 0.0693. The summed E-state index contributed by atoms with van der Waals surface area (Å²) in [7, 11) is 0. The van der Waals surface area contributed by atoms with Crippen LogP contribution in [0.4, 0.5) is 0 Å². The summed E-state index contributed by atoms with van der Waals surface area (Å²) in [6.45, 7) is 5.69. The van der Waals surface area contributed by atoms with Gasteiger partial charge in [0.1, 0.15) is 0 Å². The predicted molar refractivity (Wildman–Crippen MR) is 95.2 cm³/mol. The van der Waals surface area contributed by atoms with E-state index in [9.17, 15) is 9.59 Å². The molecule has 3 saturated heterocycles. The van der Waals surface area contributed by atoms with Gasteiger partial charge in [-0.25, -0.2) is 0 Å². The Morgan fingerprint density at radius 1 is 1.15 bits per heavy atom. The van der Waals surface area contributed by atoms with Crippen LogP contribution in [0.25, 0.3) is 0 Å². The van der Waals surface area contributed by atoms with Gasteiger partial charge in [0.25, 0.3) is 0 Å². The lowest BCUT2D eigenvalue weighted by atomic mass is 10.0.